The summed E-state index contributed by atoms with van der Waals surface area (Å²) in [5.41, 5.74) is 0.556. The van der Waals surface area contributed by atoms with Crippen molar-refractivity contribution in [3.8, 4) is 0 Å². The van der Waals surface area contributed by atoms with Crippen molar-refractivity contribution in [2.45, 2.75) is 26.1 Å². The van der Waals surface area contributed by atoms with Gasteiger partial charge in [0.05, 0.1) is 6.42 Å². The Morgan fingerprint density at radius 2 is 1.88 bits per heavy atom. The molecule has 1 unspecified atom stereocenters. The minimum atomic E-state index is -1.03. The molecule has 1 heterocycles. The Hall–Kier alpha value is -3.30. The molecular weight excluding hydrogens is 442 g/mol. The summed E-state index contributed by atoms with van der Waals surface area (Å²) >= 11 is 6.02. The summed E-state index contributed by atoms with van der Waals surface area (Å²) in [5.74, 6) is -1.20. The van der Waals surface area contributed by atoms with Gasteiger partial charge in [-0.3, -0.25) is 20.7 Å². The first-order chi connectivity index (χ1) is 15.3. The molecule has 0 aliphatic rings. The maximum atomic E-state index is 13.5. The second kappa shape index (κ2) is 10.8. The van der Waals surface area contributed by atoms with Gasteiger partial charge in [0, 0.05) is 29.7 Å². The molecule has 0 saturated heterocycles. The van der Waals surface area contributed by atoms with Crippen molar-refractivity contribution in [1.82, 2.24) is 15.6 Å². The highest BCUT2D eigenvalue weighted by Crippen LogP contribution is 2.19. The number of rotatable bonds is 8. The Balaban J connectivity index is 1.67. The molecule has 1 aromatic heterocycles. The molecule has 2 aromatic carbocycles. The van der Waals surface area contributed by atoms with Gasteiger partial charge in [-0.15, -0.1) is 0 Å². The lowest BCUT2D eigenvalue weighted by atomic mass is 10.2. The standard InChI is InChI=1S/C22H20ClF2N4O3/c1-2-26-20(30)10-21(28-12-14-4-6-17(25)9-18(14)23)32-22(31)29-19-8-15-7-16(24)5-3-13(15)11-27-19/h3-9,11,21,28H,2,10,12H2,1H3,(H,27,29,31). The SMILES string of the molecule is CC[N]C(=O)CC(NCc1ccc(F)cc1Cl)OC(=O)Nc1cc2cc(F)ccc2cn1. The van der Waals surface area contributed by atoms with Crippen molar-refractivity contribution in [2.24, 2.45) is 0 Å². The molecule has 1 radical (unpaired) electrons. The van der Waals surface area contributed by atoms with Crippen LogP contribution >= 0.6 is 11.6 Å². The van der Waals surface area contributed by atoms with E-state index in [9.17, 15) is 18.4 Å². The number of aromatic nitrogens is 1. The van der Waals surface area contributed by atoms with Gasteiger partial charge < -0.3 is 4.74 Å². The Kier molecular flexibility index (Phi) is 7.91. The molecule has 2 amide bonds. The summed E-state index contributed by atoms with van der Waals surface area (Å²) in [7, 11) is 0. The summed E-state index contributed by atoms with van der Waals surface area (Å²) in [4.78, 5) is 28.4. The lowest BCUT2D eigenvalue weighted by Crippen LogP contribution is -2.38. The van der Waals surface area contributed by atoms with E-state index < -0.39 is 29.9 Å². The molecule has 10 heteroatoms. The third kappa shape index (κ3) is 6.60. The zero-order valence-corrected chi connectivity index (χ0v) is 17.8. The molecule has 0 fully saturated rings. The maximum Gasteiger partial charge on any atom is 0.414 e. The molecule has 32 heavy (non-hydrogen) atoms. The van der Waals surface area contributed by atoms with E-state index in [-0.39, 0.29) is 23.8 Å². The second-order valence-corrected chi connectivity index (χ2v) is 7.18. The fourth-order valence-electron chi connectivity index (χ4n) is 2.89. The molecule has 0 aliphatic carbocycles. The van der Waals surface area contributed by atoms with Gasteiger partial charge in [0.2, 0.25) is 5.91 Å². The van der Waals surface area contributed by atoms with Gasteiger partial charge in [0.25, 0.3) is 0 Å². The Labute approximate surface area is 188 Å². The molecular formula is C22H20ClF2N4O3. The van der Waals surface area contributed by atoms with Crippen molar-refractivity contribution in [2.75, 3.05) is 11.9 Å². The summed E-state index contributed by atoms with van der Waals surface area (Å²) in [6.07, 6.45) is -0.631. The number of benzene rings is 2. The molecule has 0 aliphatic heterocycles. The van der Waals surface area contributed by atoms with Crippen LogP contribution in [0.2, 0.25) is 5.02 Å². The predicted molar refractivity (Wildman–Crippen MR) is 116 cm³/mol. The van der Waals surface area contributed by atoms with E-state index in [1.165, 1.54) is 36.5 Å². The van der Waals surface area contributed by atoms with Crippen LogP contribution in [-0.4, -0.2) is 29.8 Å². The topological polar surface area (TPSA) is 94.4 Å². The van der Waals surface area contributed by atoms with Crippen molar-refractivity contribution in [1.29, 1.82) is 0 Å². The average Bonchev–Trinajstić information content (AvgIpc) is 2.72. The van der Waals surface area contributed by atoms with E-state index >= 15 is 0 Å². The number of carbonyl (C=O) groups excluding carboxylic acids is 2. The van der Waals surface area contributed by atoms with Crippen LogP contribution < -0.4 is 16.0 Å². The van der Waals surface area contributed by atoms with Crippen molar-refractivity contribution >= 4 is 40.2 Å². The zero-order chi connectivity index (χ0) is 23.1. The Bertz CT molecular complexity index is 1130. The van der Waals surface area contributed by atoms with E-state index in [1.807, 2.05) is 0 Å². The molecule has 0 saturated carbocycles. The molecule has 0 spiro atoms. The first-order valence-electron chi connectivity index (χ1n) is 9.74. The molecule has 2 N–H and O–H groups in total. The highest BCUT2D eigenvalue weighted by atomic mass is 35.5. The van der Waals surface area contributed by atoms with Gasteiger partial charge in [-0.2, -0.15) is 0 Å². The van der Waals surface area contributed by atoms with Crippen LogP contribution in [0.15, 0.2) is 48.7 Å². The molecule has 3 aromatic rings. The number of pyridine rings is 1. The van der Waals surface area contributed by atoms with E-state index in [1.54, 1.807) is 13.0 Å². The highest BCUT2D eigenvalue weighted by molar-refractivity contribution is 6.31. The van der Waals surface area contributed by atoms with Crippen LogP contribution in [-0.2, 0) is 16.1 Å². The number of hydrogen-bond acceptors (Lipinski definition) is 5. The normalized spacial score (nSPS) is 11.8. The van der Waals surface area contributed by atoms with Gasteiger partial charge in [0.15, 0.2) is 6.23 Å². The smallest absolute Gasteiger partial charge is 0.414 e. The van der Waals surface area contributed by atoms with Crippen molar-refractivity contribution in [3.05, 3.63) is 70.9 Å². The average molecular weight is 462 g/mol. The van der Waals surface area contributed by atoms with E-state index in [2.05, 4.69) is 20.9 Å². The zero-order valence-electron chi connectivity index (χ0n) is 17.1. The number of amides is 2. The van der Waals surface area contributed by atoms with Crippen molar-refractivity contribution in [3.63, 3.8) is 0 Å². The van der Waals surface area contributed by atoms with Crippen LogP contribution in [0.1, 0.15) is 18.9 Å². The molecule has 0 bridgehead atoms. The lowest BCUT2D eigenvalue weighted by Gasteiger charge is -2.19. The number of nitrogens with zero attached hydrogens (tertiary/aromatic N) is 2. The van der Waals surface area contributed by atoms with E-state index in [0.717, 1.165) is 6.07 Å². The van der Waals surface area contributed by atoms with E-state index in [4.69, 9.17) is 16.3 Å². The second-order valence-electron chi connectivity index (χ2n) is 6.77. The number of nitrogens with one attached hydrogen (secondary N) is 2. The number of halogens is 3. The van der Waals surface area contributed by atoms with Crippen LogP contribution in [0.3, 0.4) is 0 Å². The summed E-state index contributed by atoms with van der Waals surface area (Å²) in [6, 6.07) is 9.59. The number of hydrogen-bond donors (Lipinski definition) is 2. The number of carbonyl (C=O) groups is 2. The van der Waals surface area contributed by atoms with Crippen LogP contribution in [0.5, 0.6) is 0 Å². The fraction of sp³-hybridized carbons (Fsp3) is 0.227. The molecule has 7 nitrogen and oxygen atoms in total. The summed E-state index contributed by atoms with van der Waals surface area (Å²) in [6.45, 7) is 2.11. The molecule has 3 rings (SSSR count). The number of fused-ring (bicyclic) bond motifs is 1. The largest absolute Gasteiger partial charge is 0.430 e. The van der Waals surface area contributed by atoms with Gasteiger partial charge in [-0.1, -0.05) is 17.7 Å². The summed E-state index contributed by atoms with van der Waals surface area (Å²) < 4.78 is 32.0. The fourth-order valence-corrected chi connectivity index (χ4v) is 3.12. The Morgan fingerprint density at radius 1 is 1.12 bits per heavy atom. The molecule has 167 valence electrons. The van der Waals surface area contributed by atoms with Crippen LogP contribution in [0.4, 0.5) is 19.4 Å². The third-order valence-electron chi connectivity index (χ3n) is 4.39. The number of ether oxygens (including phenoxy) is 1. The maximum absolute atomic E-state index is 13.5. The predicted octanol–water partition coefficient (Wildman–Crippen LogP) is 4.37. The van der Waals surface area contributed by atoms with E-state index in [0.29, 0.717) is 22.9 Å². The van der Waals surface area contributed by atoms with Crippen molar-refractivity contribution < 1.29 is 23.1 Å². The quantitative estimate of drug-likeness (QED) is 0.486. The first-order valence-corrected chi connectivity index (χ1v) is 10.1. The van der Waals surface area contributed by atoms with Crippen LogP contribution in [0, 0.1) is 11.6 Å². The first kappa shape index (κ1) is 23.4. The molecule has 1 atom stereocenters. The van der Waals surface area contributed by atoms with Gasteiger partial charge >= 0.3 is 6.09 Å². The minimum Gasteiger partial charge on any atom is -0.430 e. The lowest BCUT2D eigenvalue weighted by molar-refractivity contribution is -0.123. The third-order valence-corrected chi connectivity index (χ3v) is 4.74. The monoisotopic (exact) mass is 461 g/mol. The van der Waals surface area contributed by atoms with Crippen LogP contribution in [0.25, 0.3) is 10.8 Å². The minimum absolute atomic E-state index is 0.115. The van der Waals surface area contributed by atoms with Gasteiger partial charge in [0.1, 0.15) is 17.5 Å². The highest BCUT2D eigenvalue weighted by Gasteiger charge is 2.19. The summed E-state index contributed by atoms with van der Waals surface area (Å²) in [5, 5.41) is 10.6. The number of anilines is 1. The Morgan fingerprint density at radius 3 is 2.62 bits per heavy atom. The van der Waals surface area contributed by atoms with Gasteiger partial charge in [-0.05, 0) is 54.3 Å². The van der Waals surface area contributed by atoms with Gasteiger partial charge in [-0.25, -0.2) is 18.6 Å².